The fourth-order valence-electron chi connectivity index (χ4n) is 2.82. The molecule has 4 rings (SSSR count). The lowest BCUT2D eigenvalue weighted by molar-refractivity contribution is 0.102. The molecule has 0 aliphatic carbocycles. The molecule has 0 saturated carbocycles. The van der Waals surface area contributed by atoms with Gasteiger partial charge in [-0.15, -0.1) is 0 Å². The molecule has 9 heteroatoms. The summed E-state index contributed by atoms with van der Waals surface area (Å²) in [5.41, 5.74) is 1.29. The number of aryl methyl sites for hydroxylation is 2. The lowest BCUT2D eigenvalue weighted by atomic mass is 10.1. The SMILES string of the molecule is Cc1onc(-c2ccccc2Cl)c1C(=O)Nc1cc(-n2ccnc2C)ncn1. The summed E-state index contributed by atoms with van der Waals surface area (Å²) in [6.45, 7) is 3.53. The third kappa shape index (κ3) is 3.25. The van der Waals surface area contributed by atoms with Crippen LogP contribution in [0.2, 0.25) is 5.02 Å². The number of rotatable bonds is 4. The van der Waals surface area contributed by atoms with E-state index in [1.807, 2.05) is 13.0 Å². The van der Waals surface area contributed by atoms with E-state index in [-0.39, 0.29) is 0 Å². The number of carbonyl (C=O) groups is 1. The van der Waals surface area contributed by atoms with Gasteiger partial charge in [-0.25, -0.2) is 15.0 Å². The standard InChI is InChI=1S/C19H15ClN6O2/c1-11-17(18(25-28-11)13-5-3-4-6-14(13)20)19(27)24-15-9-16(23-10-22-15)26-8-7-21-12(26)2/h3-10H,1-2H3,(H,22,23,24,27). The van der Waals surface area contributed by atoms with Crippen molar-refractivity contribution in [1.82, 2.24) is 24.7 Å². The Kier molecular flexibility index (Phi) is 4.62. The zero-order valence-electron chi connectivity index (χ0n) is 15.0. The van der Waals surface area contributed by atoms with Crippen molar-refractivity contribution in [2.24, 2.45) is 0 Å². The molecular formula is C19H15ClN6O2. The van der Waals surface area contributed by atoms with Crippen molar-refractivity contribution in [1.29, 1.82) is 0 Å². The Morgan fingerprint density at radius 2 is 2.00 bits per heavy atom. The van der Waals surface area contributed by atoms with E-state index in [1.54, 1.807) is 48.1 Å². The molecule has 28 heavy (non-hydrogen) atoms. The van der Waals surface area contributed by atoms with E-state index in [0.717, 1.165) is 5.82 Å². The summed E-state index contributed by atoms with van der Waals surface area (Å²) in [7, 11) is 0. The number of carbonyl (C=O) groups excluding carboxylic acids is 1. The van der Waals surface area contributed by atoms with Crippen LogP contribution in [0.3, 0.4) is 0 Å². The molecule has 0 saturated heterocycles. The van der Waals surface area contributed by atoms with E-state index < -0.39 is 5.91 Å². The first-order valence-corrected chi connectivity index (χ1v) is 8.77. The Morgan fingerprint density at radius 3 is 2.75 bits per heavy atom. The molecule has 0 fully saturated rings. The second kappa shape index (κ2) is 7.24. The third-order valence-electron chi connectivity index (χ3n) is 4.19. The molecule has 8 nitrogen and oxygen atoms in total. The number of nitrogens with zero attached hydrogens (tertiary/aromatic N) is 5. The van der Waals surface area contributed by atoms with Gasteiger partial charge in [0.05, 0.1) is 5.02 Å². The van der Waals surface area contributed by atoms with Gasteiger partial charge in [0.15, 0.2) is 0 Å². The highest BCUT2D eigenvalue weighted by Crippen LogP contribution is 2.31. The van der Waals surface area contributed by atoms with Crippen LogP contribution >= 0.6 is 11.6 Å². The van der Waals surface area contributed by atoms with Gasteiger partial charge in [0.1, 0.15) is 40.8 Å². The van der Waals surface area contributed by atoms with Crippen LogP contribution < -0.4 is 5.32 Å². The first-order valence-electron chi connectivity index (χ1n) is 8.39. The van der Waals surface area contributed by atoms with Gasteiger partial charge in [-0.05, 0) is 19.9 Å². The van der Waals surface area contributed by atoms with E-state index >= 15 is 0 Å². The lowest BCUT2D eigenvalue weighted by Gasteiger charge is -2.08. The predicted molar refractivity (Wildman–Crippen MR) is 104 cm³/mol. The molecular weight excluding hydrogens is 380 g/mol. The summed E-state index contributed by atoms with van der Waals surface area (Å²) in [4.78, 5) is 25.4. The minimum absolute atomic E-state index is 0.298. The second-order valence-corrected chi connectivity index (χ2v) is 6.41. The Bertz CT molecular complexity index is 1170. The lowest BCUT2D eigenvalue weighted by Crippen LogP contribution is -2.15. The monoisotopic (exact) mass is 394 g/mol. The minimum Gasteiger partial charge on any atom is -0.360 e. The average Bonchev–Trinajstić information content (AvgIpc) is 3.28. The van der Waals surface area contributed by atoms with Gasteiger partial charge in [-0.1, -0.05) is 35.0 Å². The number of hydrogen-bond donors (Lipinski definition) is 1. The fraction of sp³-hybridized carbons (Fsp3) is 0.105. The van der Waals surface area contributed by atoms with Gasteiger partial charge in [-0.3, -0.25) is 9.36 Å². The van der Waals surface area contributed by atoms with Crippen molar-refractivity contribution in [2.75, 3.05) is 5.32 Å². The van der Waals surface area contributed by atoms with Gasteiger partial charge in [0.2, 0.25) is 0 Å². The van der Waals surface area contributed by atoms with Gasteiger partial charge >= 0.3 is 0 Å². The van der Waals surface area contributed by atoms with Crippen molar-refractivity contribution in [3.8, 4) is 17.1 Å². The van der Waals surface area contributed by atoms with E-state index in [4.69, 9.17) is 16.1 Å². The van der Waals surface area contributed by atoms with Gasteiger partial charge in [0.25, 0.3) is 5.91 Å². The average molecular weight is 395 g/mol. The zero-order valence-corrected chi connectivity index (χ0v) is 15.8. The first kappa shape index (κ1) is 17.9. The van der Waals surface area contributed by atoms with Crippen molar-refractivity contribution in [3.05, 3.63) is 71.2 Å². The number of halogens is 1. The molecule has 3 aromatic heterocycles. The first-order chi connectivity index (χ1) is 13.5. The molecule has 1 amide bonds. The van der Waals surface area contributed by atoms with E-state index in [9.17, 15) is 4.79 Å². The maximum absolute atomic E-state index is 12.9. The smallest absolute Gasteiger partial charge is 0.262 e. The maximum atomic E-state index is 12.9. The molecule has 0 atom stereocenters. The molecule has 1 aromatic carbocycles. The Balaban J connectivity index is 1.67. The minimum atomic E-state index is -0.402. The van der Waals surface area contributed by atoms with Gasteiger partial charge in [-0.2, -0.15) is 0 Å². The summed E-state index contributed by atoms with van der Waals surface area (Å²) in [6, 6.07) is 8.79. The highest BCUT2D eigenvalue weighted by Gasteiger charge is 2.23. The number of imidazole rings is 1. The highest BCUT2D eigenvalue weighted by molar-refractivity contribution is 6.33. The molecule has 140 valence electrons. The topological polar surface area (TPSA) is 98.7 Å². The van der Waals surface area contributed by atoms with E-state index in [0.29, 0.717) is 39.2 Å². The zero-order chi connectivity index (χ0) is 19.7. The van der Waals surface area contributed by atoms with Crippen LogP contribution in [0, 0.1) is 13.8 Å². The summed E-state index contributed by atoms with van der Waals surface area (Å²) < 4.78 is 7.04. The molecule has 0 radical (unpaired) electrons. The molecule has 0 aliphatic heterocycles. The molecule has 0 aliphatic rings. The summed E-state index contributed by atoms with van der Waals surface area (Å²) in [5, 5.41) is 7.26. The van der Waals surface area contributed by atoms with Gasteiger partial charge in [0, 0.05) is 24.0 Å². The fourth-order valence-corrected chi connectivity index (χ4v) is 3.05. The number of anilines is 1. The Hall–Kier alpha value is -3.52. The molecule has 0 spiro atoms. The van der Waals surface area contributed by atoms with Crippen molar-refractivity contribution >= 4 is 23.3 Å². The van der Waals surface area contributed by atoms with Gasteiger partial charge < -0.3 is 9.84 Å². The number of nitrogens with one attached hydrogen (secondary N) is 1. The molecule has 0 unspecified atom stereocenters. The molecule has 3 heterocycles. The van der Waals surface area contributed by atoms with Crippen LogP contribution in [0.15, 0.2) is 53.6 Å². The molecule has 0 bridgehead atoms. The maximum Gasteiger partial charge on any atom is 0.262 e. The van der Waals surface area contributed by atoms with Crippen LogP contribution in [-0.4, -0.2) is 30.6 Å². The van der Waals surface area contributed by atoms with Crippen molar-refractivity contribution in [2.45, 2.75) is 13.8 Å². The van der Waals surface area contributed by atoms with E-state index in [1.165, 1.54) is 6.33 Å². The summed E-state index contributed by atoms with van der Waals surface area (Å²) in [6.07, 6.45) is 4.83. The van der Waals surface area contributed by atoms with Crippen LogP contribution in [0.1, 0.15) is 21.9 Å². The predicted octanol–water partition coefficient (Wildman–Crippen LogP) is 3.84. The second-order valence-electron chi connectivity index (χ2n) is 6.00. The molecule has 1 N–H and O–H groups in total. The normalized spacial score (nSPS) is 10.8. The van der Waals surface area contributed by atoms with Crippen molar-refractivity contribution < 1.29 is 9.32 Å². The van der Waals surface area contributed by atoms with Crippen LogP contribution in [0.4, 0.5) is 5.82 Å². The Labute approximate surface area is 165 Å². The number of aromatic nitrogens is 5. The Morgan fingerprint density at radius 1 is 1.18 bits per heavy atom. The molecule has 4 aromatic rings. The number of benzene rings is 1. The number of amides is 1. The van der Waals surface area contributed by atoms with E-state index in [2.05, 4.69) is 25.4 Å². The highest BCUT2D eigenvalue weighted by atomic mass is 35.5. The quantitative estimate of drug-likeness (QED) is 0.564. The summed E-state index contributed by atoms with van der Waals surface area (Å²) in [5.74, 6) is 1.68. The van der Waals surface area contributed by atoms with Crippen molar-refractivity contribution in [3.63, 3.8) is 0 Å². The third-order valence-corrected chi connectivity index (χ3v) is 4.52. The summed E-state index contributed by atoms with van der Waals surface area (Å²) >= 11 is 6.25. The van der Waals surface area contributed by atoms with Crippen LogP contribution in [-0.2, 0) is 0 Å². The largest absolute Gasteiger partial charge is 0.360 e. The van der Waals surface area contributed by atoms with Crippen LogP contribution in [0.5, 0.6) is 0 Å². The van der Waals surface area contributed by atoms with Crippen LogP contribution in [0.25, 0.3) is 17.1 Å². The number of hydrogen-bond acceptors (Lipinski definition) is 6.